The van der Waals surface area contributed by atoms with Gasteiger partial charge in [0, 0.05) is 13.1 Å². The van der Waals surface area contributed by atoms with E-state index in [1.165, 1.54) is 46.9 Å². The molecule has 3 heterocycles. The van der Waals surface area contributed by atoms with Crippen LogP contribution in [0.2, 0.25) is 0 Å². The molecule has 0 atom stereocenters. The van der Waals surface area contributed by atoms with E-state index in [0.717, 1.165) is 32.4 Å². The summed E-state index contributed by atoms with van der Waals surface area (Å²) in [6, 6.07) is 5.78. The van der Waals surface area contributed by atoms with E-state index in [0.29, 0.717) is 16.5 Å². The molecular formula is C18H20N6O4S2. The minimum Gasteiger partial charge on any atom is -0.342 e. The van der Waals surface area contributed by atoms with Crippen LogP contribution in [0.3, 0.4) is 0 Å². The number of likely N-dealkylation sites (tertiary alicyclic amines) is 1. The average molecular weight is 449 g/mol. The number of piperidine rings is 1. The quantitative estimate of drug-likeness (QED) is 0.435. The molecule has 1 saturated heterocycles. The van der Waals surface area contributed by atoms with E-state index in [-0.39, 0.29) is 27.5 Å². The van der Waals surface area contributed by atoms with Crippen LogP contribution in [-0.4, -0.2) is 57.8 Å². The van der Waals surface area contributed by atoms with Crippen molar-refractivity contribution < 1.29 is 13.2 Å². The first-order valence-electron chi connectivity index (χ1n) is 9.35. The molecule has 3 N–H and O–H groups in total. The second-order valence-corrected chi connectivity index (χ2v) is 9.46. The molecule has 1 amide bonds. The van der Waals surface area contributed by atoms with Crippen molar-refractivity contribution in [2.24, 2.45) is 5.14 Å². The molecule has 0 unspecified atom stereocenters. The summed E-state index contributed by atoms with van der Waals surface area (Å²) in [6.45, 7) is 1.54. The maximum absolute atomic E-state index is 12.4. The van der Waals surface area contributed by atoms with E-state index in [2.05, 4.69) is 15.1 Å². The van der Waals surface area contributed by atoms with Gasteiger partial charge in [-0.3, -0.25) is 9.59 Å². The van der Waals surface area contributed by atoms with Crippen LogP contribution in [0, 0.1) is 0 Å². The van der Waals surface area contributed by atoms with Gasteiger partial charge in [-0.25, -0.2) is 23.2 Å². The van der Waals surface area contributed by atoms with Gasteiger partial charge in [0.25, 0.3) is 5.56 Å². The Morgan fingerprint density at radius 1 is 1.17 bits per heavy atom. The van der Waals surface area contributed by atoms with Crippen molar-refractivity contribution in [3.8, 4) is 5.69 Å². The van der Waals surface area contributed by atoms with Gasteiger partial charge < -0.3 is 9.88 Å². The zero-order valence-corrected chi connectivity index (χ0v) is 17.6. The van der Waals surface area contributed by atoms with E-state index in [1.807, 2.05) is 4.90 Å². The molecule has 1 aliphatic heterocycles. The molecule has 0 spiro atoms. The molecule has 3 aromatic rings. The molecule has 1 aliphatic rings. The molecule has 1 aromatic carbocycles. The van der Waals surface area contributed by atoms with E-state index in [1.54, 1.807) is 0 Å². The third-order valence-corrected chi connectivity index (χ3v) is 6.65. The van der Waals surface area contributed by atoms with Gasteiger partial charge in [0.15, 0.2) is 10.8 Å². The highest BCUT2D eigenvalue weighted by Crippen LogP contribution is 2.20. The molecule has 1 fully saturated rings. The number of hydrogen-bond donors (Lipinski definition) is 2. The Morgan fingerprint density at radius 3 is 2.53 bits per heavy atom. The van der Waals surface area contributed by atoms with Gasteiger partial charge in [0.05, 0.1) is 22.5 Å². The Morgan fingerprint density at radius 2 is 1.87 bits per heavy atom. The normalized spacial score (nSPS) is 14.9. The van der Waals surface area contributed by atoms with E-state index in [4.69, 9.17) is 5.14 Å². The maximum atomic E-state index is 12.4. The molecule has 0 aliphatic carbocycles. The number of nitrogens with two attached hydrogens (primary N) is 1. The number of nitrogens with zero attached hydrogens (tertiary/aromatic N) is 4. The fourth-order valence-electron chi connectivity index (χ4n) is 3.30. The fourth-order valence-corrected chi connectivity index (χ4v) is 4.57. The number of fused-ring (bicyclic) bond motifs is 1. The lowest BCUT2D eigenvalue weighted by Gasteiger charge is -2.26. The van der Waals surface area contributed by atoms with Gasteiger partial charge in [-0.1, -0.05) is 11.8 Å². The molecule has 0 bridgehead atoms. The molecule has 0 radical (unpaired) electrons. The second kappa shape index (κ2) is 8.20. The summed E-state index contributed by atoms with van der Waals surface area (Å²) in [5.74, 6) is 0.209. The first-order valence-corrected chi connectivity index (χ1v) is 11.9. The standard InChI is InChI=1S/C18H20N6O4S2/c19-30(27,28)13-6-4-12(5-7-13)24-16-14(10-20-24)17(26)22-18(21-16)29-11-15(25)23-8-2-1-3-9-23/h4-7,10H,1-3,8-9,11H2,(H2,19,27,28)(H,21,22,26). The number of benzene rings is 1. The Hall–Kier alpha value is -2.70. The van der Waals surface area contributed by atoms with Crippen LogP contribution in [-0.2, 0) is 14.8 Å². The summed E-state index contributed by atoms with van der Waals surface area (Å²) < 4.78 is 24.3. The predicted molar refractivity (Wildman–Crippen MR) is 112 cm³/mol. The lowest BCUT2D eigenvalue weighted by molar-refractivity contribution is -0.129. The highest BCUT2D eigenvalue weighted by atomic mass is 32.2. The second-order valence-electron chi connectivity index (χ2n) is 6.93. The van der Waals surface area contributed by atoms with Crippen molar-refractivity contribution in [2.45, 2.75) is 29.3 Å². The van der Waals surface area contributed by atoms with Crippen molar-refractivity contribution in [2.75, 3.05) is 18.8 Å². The number of carbonyl (C=O) groups excluding carboxylic acids is 1. The Kier molecular flexibility index (Phi) is 5.62. The monoisotopic (exact) mass is 448 g/mol. The molecule has 30 heavy (non-hydrogen) atoms. The largest absolute Gasteiger partial charge is 0.342 e. The van der Waals surface area contributed by atoms with Gasteiger partial charge in [-0.15, -0.1) is 0 Å². The maximum Gasteiger partial charge on any atom is 0.262 e. The minimum absolute atomic E-state index is 0.0227. The van der Waals surface area contributed by atoms with Crippen molar-refractivity contribution >= 4 is 38.7 Å². The van der Waals surface area contributed by atoms with Crippen molar-refractivity contribution in [1.82, 2.24) is 24.6 Å². The van der Waals surface area contributed by atoms with Crippen LogP contribution in [0.4, 0.5) is 0 Å². The summed E-state index contributed by atoms with van der Waals surface area (Å²) in [6.07, 6.45) is 4.56. The lowest BCUT2D eigenvalue weighted by atomic mass is 10.1. The molecule has 10 nitrogen and oxygen atoms in total. The SMILES string of the molecule is NS(=O)(=O)c1ccc(-n2ncc3c(=O)[nH]c(SCC(=O)N4CCCCC4)nc32)cc1. The first-order chi connectivity index (χ1) is 14.3. The predicted octanol–water partition coefficient (Wildman–Crippen LogP) is 0.861. The van der Waals surface area contributed by atoms with E-state index < -0.39 is 10.0 Å². The average Bonchev–Trinajstić information content (AvgIpc) is 3.17. The van der Waals surface area contributed by atoms with Crippen LogP contribution in [0.5, 0.6) is 0 Å². The van der Waals surface area contributed by atoms with Crippen LogP contribution in [0.1, 0.15) is 19.3 Å². The third-order valence-electron chi connectivity index (χ3n) is 4.87. The van der Waals surface area contributed by atoms with Crippen LogP contribution in [0.15, 0.2) is 45.3 Å². The summed E-state index contributed by atoms with van der Waals surface area (Å²) in [7, 11) is -3.81. The fraction of sp³-hybridized carbons (Fsp3) is 0.333. The van der Waals surface area contributed by atoms with Gasteiger partial charge in [-0.2, -0.15) is 5.10 Å². The number of rotatable bonds is 5. The van der Waals surface area contributed by atoms with Crippen LogP contribution < -0.4 is 10.7 Å². The zero-order valence-electron chi connectivity index (χ0n) is 15.9. The van der Waals surface area contributed by atoms with E-state index in [9.17, 15) is 18.0 Å². The molecule has 2 aromatic heterocycles. The number of sulfonamides is 1. The summed E-state index contributed by atoms with van der Waals surface area (Å²) >= 11 is 1.17. The molecule has 12 heteroatoms. The van der Waals surface area contributed by atoms with Gasteiger partial charge in [0.2, 0.25) is 15.9 Å². The number of hydrogen-bond acceptors (Lipinski definition) is 7. The summed E-state index contributed by atoms with van der Waals surface area (Å²) in [4.78, 5) is 33.7. The zero-order chi connectivity index (χ0) is 21.3. The van der Waals surface area contributed by atoms with Crippen LogP contribution >= 0.6 is 11.8 Å². The Bertz CT molecular complexity index is 1240. The number of amides is 1. The third kappa shape index (κ3) is 4.25. The molecule has 4 rings (SSSR count). The Labute approximate surface area is 176 Å². The number of H-pyrrole nitrogens is 1. The molecule has 0 saturated carbocycles. The van der Waals surface area contributed by atoms with Gasteiger partial charge in [0.1, 0.15) is 5.39 Å². The van der Waals surface area contributed by atoms with Crippen LogP contribution in [0.25, 0.3) is 16.7 Å². The van der Waals surface area contributed by atoms with Gasteiger partial charge >= 0.3 is 0 Å². The first kappa shape index (κ1) is 20.6. The minimum atomic E-state index is -3.81. The number of thioether (sulfide) groups is 1. The number of carbonyl (C=O) groups is 1. The van der Waals surface area contributed by atoms with Crippen molar-refractivity contribution in [3.63, 3.8) is 0 Å². The number of primary sulfonamides is 1. The van der Waals surface area contributed by atoms with E-state index >= 15 is 0 Å². The lowest BCUT2D eigenvalue weighted by Crippen LogP contribution is -2.36. The summed E-state index contributed by atoms with van der Waals surface area (Å²) in [5.41, 5.74) is 0.478. The number of nitrogens with one attached hydrogen (secondary N) is 1. The van der Waals surface area contributed by atoms with Gasteiger partial charge in [-0.05, 0) is 43.5 Å². The Balaban J connectivity index is 1.60. The van der Waals surface area contributed by atoms with Crippen molar-refractivity contribution in [1.29, 1.82) is 0 Å². The number of aromatic nitrogens is 4. The van der Waals surface area contributed by atoms with Crippen molar-refractivity contribution in [3.05, 3.63) is 40.8 Å². The molecular weight excluding hydrogens is 428 g/mol. The molecule has 158 valence electrons. The summed E-state index contributed by atoms with van der Waals surface area (Å²) in [5, 5.41) is 9.93. The topological polar surface area (TPSA) is 144 Å². The highest BCUT2D eigenvalue weighted by Gasteiger charge is 2.18. The highest BCUT2D eigenvalue weighted by molar-refractivity contribution is 7.99. The number of aromatic amines is 1. The smallest absolute Gasteiger partial charge is 0.262 e.